The van der Waals surface area contributed by atoms with E-state index in [1.807, 2.05) is 18.2 Å². The van der Waals surface area contributed by atoms with E-state index in [1.54, 1.807) is 0 Å². The molecule has 0 fully saturated rings. The molecule has 0 saturated heterocycles. The first-order valence-corrected chi connectivity index (χ1v) is 17.6. The molecule has 0 radical (unpaired) electrons. The Morgan fingerprint density at radius 2 is 1.27 bits per heavy atom. The Hall–Kier alpha value is -6.76. The highest BCUT2D eigenvalue weighted by molar-refractivity contribution is 6.13. The van der Waals surface area contributed by atoms with Gasteiger partial charge in [0.15, 0.2) is 0 Å². The molecule has 11 rings (SSSR count). The van der Waals surface area contributed by atoms with Crippen LogP contribution in [0.4, 0.5) is 0 Å². The summed E-state index contributed by atoms with van der Waals surface area (Å²) in [6.45, 7) is 0. The summed E-state index contributed by atoms with van der Waals surface area (Å²) in [7, 11) is 0. The van der Waals surface area contributed by atoms with Crippen LogP contribution in [-0.2, 0) is 6.42 Å². The van der Waals surface area contributed by atoms with Crippen LogP contribution in [0, 0.1) is 12.1 Å². The number of nitrogens with zero attached hydrogens (tertiary/aromatic N) is 2. The van der Waals surface area contributed by atoms with Gasteiger partial charge < -0.3 is 13.6 Å². The molecule has 10 aromatic rings. The van der Waals surface area contributed by atoms with Gasteiger partial charge >= 0.3 is 0 Å². The lowest BCUT2D eigenvalue weighted by Crippen LogP contribution is -2.04. The zero-order valence-electron chi connectivity index (χ0n) is 27.7. The molecular weight excluding hydrogens is 621 g/mol. The van der Waals surface area contributed by atoms with Crippen molar-refractivity contribution in [3.05, 3.63) is 175 Å². The second-order valence-electron chi connectivity index (χ2n) is 13.4. The molecule has 1 aliphatic rings. The summed E-state index contributed by atoms with van der Waals surface area (Å²) in [5.41, 5.74) is 14.9. The minimum Gasteiger partial charge on any atom is -0.455 e. The molecule has 3 heteroatoms. The van der Waals surface area contributed by atoms with Gasteiger partial charge in [-0.15, -0.1) is 0 Å². The monoisotopic (exact) mass is 650 g/mol. The predicted octanol–water partition coefficient (Wildman–Crippen LogP) is 12.5. The van der Waals surface area contributed by atoms with E-state index in [0.29, 0.717) is 0 Å². The topological polar surface area (TPSA) is 23.0 Å². The molecule has 51 heavy (non-hydrogen) atoms. The van der Waals surface area contributed by atoms with Crippen molar-refractivity contribution >= 4 is 60.7 Å². The summed E-state index contributed by atoms with van der Waals surface area (Å²) in [4.78, 5) is 0. The normalized spacial score (nSPS) is 12.7. The van der Waals surface area contributed by atoms with E-state index < -0.39 is 0 Å². The molecule has 0 aliphatic heterocycles. The van der Waals surface area contributed by atoms with Gasteiger partial charge in [-0.1, -0.05) is 109 Å². The van der Waals surface area contributed by atoms with Crippen molar-refractivity contribution in [2.24, 2.45) is 0 Å². The van der Waals surface area contributed by atoms with Crippen molar-refractivity contribution in [3.63, 3.8) is 0 Å². The first-order valence-electron chi connectivity index (χ1n) is 17.6. The summed E-state index contributed by atoms with van der Waals surface area (Å²) in [6.07, 6.45) is 6.63. The fourth-order valence-corrected chi connectivity index (χ4v) is 8.43. The minimum absolute atomic E-state index is 0.829. The number of fused-ring (bicyclic) bond motifs is 9. The molecule has 0 unspecified atom stereocenters. The van der Waals surface area contributed by atoms with Gasteiger partial charge in [0.05, 0.1) is 22.2 Å². The average Bonchev–Trinajstić information content (AvgIpc) is 3.85. The number of para-hydroxylation sites is 4. The molecule has 0 N–H and O–H groups in total. The molecule has 3 nitrogen and oxygen atoms in total. The van der Waals surface area contributed by atoms with E-state index in [1.165, 1.54) is 60.8 Å². The molecule has 0 bridgehead atoms. The molecule has 238 valence electrons. The van der Waals surface area contributed by atoms with Gasteiger partial charge in [-0.3, -0.25) is 0 Å². The van der Waals surface area contributed by atoms with Gasteiger partial charge in [0.25, 0.3) is 0 Å². The molecule has 3 heterocycles. The Kier molecular flexibility index (Phi) is 5.99. The van der Waals surface area contributed by atoms with Crippen LogP contribution in [0.15, 0.2) is 156 Å². The van der Waals surface area contributed by atoms with Gasteiger partial charge in [-0.25, -0.2) is 0 Å². The highest BCUT2D eigenvalue weighted by Gasteiger charge is 2.23. The number of furan rings is 1. The van der Waals surface area contributed by atoms with Gasteiger partial charge in [0.2, 0.25) is 0 Å². The van der Waals surface area contributed by atoms with Gasteiger partial charge in [0, 0.05) is 61.1 Å². The lowest BCUT2D eigenvalue weighted by atomic mass is 9.98. The summed E-state index contributed by atoms with van der Waals surface area (Å²) < 4.78 is 11.1. The molecule has 3 aromatic heterocycles. The van der Waals surface area contributed by atoms with Crippen molar-refractivity contribution in [2.45, 2.75) is 12.8 Å². The van der Waals surface area contributed by atoms with E-state index in [0.717, 1.165) is 51.6 Å². The van der Waals surface area contributed by atoms with Crippen molar-refractivity contribution in [1.29, 1.82) is 0 Å². The van der Waals surface area contributed by atoms with Gasteiger partial charge in [0.1, 0.15) is 11.2 Å². The molecule has 0 spiro atoms. The quantitative estimate of drug-likeness (QED) is 0.186. The zero-order chi connectivity index (χ0) is 33.5. The van der Waals surface area contributed by atoms with Crippen LogP contribution >= 0.6 is 0 Å². The maximum Gasteiger partial charge on any atom is 0.145 e. The van der Waals surface area contributed by atoms with Crippen LogP contribution in [0.3, 0.4) is 0 Å². The largest absolute Gasteiger partial charge is 0.455 e. The lowest BCUT2D eigenvalue weighted by Gasteiger charge is -2.17. The molecular formula is C48H30N2O. The van der Waals surface area contributed by atoms with Crippen LogP contribution in [0.25, 0.3) is 94.4 Å². The van der Waals surface area contributed by atoms with Crippen molar-refractivity contribution in [1.82, 2.24) is 9.13 Å². The van der Waals surface area contributed by atoms with Gasteiger partial charge in [-0.2, -0.15) is 0 Å². The smallest absolute Gasteiger partial charge is 0.145 e. The Morgan fingerprint density at radius 3 is 2.16 bits per heavy atom. The fraction of sp³-hybridized carbons (Fsp3) is 0.0417. The second kappa shape index (κ2) is 10.9. The number of allylic oxidation sites excluding steroid dienone is 1. The summed E-state index contributed by atoms with van der Waals surface area (Å²) >= 11 is 0. The predicted molar refractivity (Wildman–Crippen MR) is 211 cm³/mol. The molecule has 0 amide bonds. The van der Waals surface area contributed by atoms with E-state index in [9.17, 15) is 0 Å². The number of aromatic nitrogens is 2. The molecule has 0 atom stereocenters. The Balaban J connectivity index is 1.11. The van der Waals surface area contributed by atoms with Crippen molar-refractivity contribution in [2.75, 3.05) is 0 Å². The lowest BCUT2D eigenvalue weighted by molar-refractivity contribution is 0.669. The number of benzene rings is 6. The maximum atomic E-state index is 6.27. The first kappa shape index (κ1) is 28.1. The zero-order valence-corrected chi connectivity index (χ0v) is 27.7. The minimum atomic E-state index is 0.829. The summed E-state index contributed by atoms with van der Waals surface area (Å²) in [5.74, 6) is 0. The first-order chi connectivity index (χ1) is 25.3. The Labute approximate surface area is 294 Å². The van der Waals surface area contributed by atoms with Crippen LogP contribution in [0.1, 0.15) is 17.7 Å². The van der Waals surface area contributed by atoms with E-state index >= 15 is 0 Å². The number of hydrogen-bond donors (Lipinski definition) is 0. The summed E-state index contributed by atoms with van der Waals surface area (Å²) in [6, 6.07) is 58.9. The second-order valence-corrected chi connectivity index (χ2v) is 13.4. The van der Waals surface area contributed by atoms with E-state index in [4.69, 9.17) is 4.42 Å². The standard InChI is InChI=1S/C48H30N2O/c1-2-13-33(14-3-1)49-41-20-8-5-16-35(41)39-29-31(25-27-44(39)49)32-26-28-45-40(30-32)36-17-6-10-22-43(36)50(45)42-21-9-4-15-34(42)37-19-12-24-47-48(37)38-18-7-11-23-46(38)51-47/h1-9,11,13-18,20-21,23-30H,10,22H2. The maximum absolute atomic E-state index is 6.27. The van der Waals surface area contributed by atoms with Crippen molar-refractivity contribution in [3.8, 4) is 33.6 Å². The third kappa shape index (κ3) is 4.14. The SMILES string of the molecule is c1cc2oc3ccccc3c2c(-c2ccccc2-n2c3c(c4cc(-c5ccc6c(c5)c5ccccc5n6-c5ccccc5)ccc42)C=CCC3)c#1. The summed E-state index contributed by atoms with van der Waals surface area (Å²) in [5, 5.41) is 5.96. The fourth-order valence-electron chi connectivity index (χ4n) is 8.43. The Morgan fingerprint density at radius 1 is 0.569 bits per heavy atom. The van der Waals surface area contributed by atoms with E-state index in [-0.39, 0.29) is 0 Å². The molecule has 0 saturated carbocycles. The van der Waals surface area contributed by atoms with Crippen LogP contribution in [0.2, 0.25) is 0 Å². The Bertz CT molecular complexity index is 3020. The number of hydrogen-bond acceptors (Lipinski definition) is 1. The van der Waals surface area contributed by atoms with E-state index in [2.05, 4.69) is 161 Å². The van der Waals surface area contributed by atoms with Crippen molar-refractivity contribution < 1.29 is 4.42 Å². The highest BCUT2D eigenvalue weighted by Crippen LogP contribution is 2.42. The number of rotatable bonds is 4. The van der Waals surface area contributed by atoms with Crippen LogP contribution in [0.5, 0.6) is 0 Å². The third-order valence-electron chi connectivity index (χ3n) is 10.6. The average molecular weight is 651 g/mol. The highest BCUT2D eigenvalue weighted by atomic mass is 16.3. The molecule has 7 aromatic carbocycles. The third-order valence-corrected chi connectivity index (χ3v) is 10.6. The van der Waals surface area contributed by atoms with Crippen LogP contribution < -0.4 is 0 Å². The van der Waals surface area contributed by atoms with Gasteiger partial charge in [-0.05, 0) is 78.6 Å². The molecule has 1 aliphatic carbocycles. The van der Waals surface area contributed by atoms with Crippen LogP contribution in [-0.4, -0.2) is 9.13 Å².